The van der Waals surface area contributed by atoms with Crippen LogP contribution in [0.25, 0.3) is 0 Å². The molecular formula is C15H22F4N2. The average molecular weight is 306 g/mol. The van der Waals surface area contributed by atoms with Crippen LogP contribution in [-0.4, -0.2) is 25.3 Å². The van der Waals surface area contributed by atoms with Gasteiger partial charge in [0.25, 0.3) is 0 Å². The minimum atomic E-state index is -4.25. The van der Waals surface area contributed by atoms with E-state index in [9.17, 15) is 17.6 Å². The van der Waals surface area contributed by atoms with E-state index in [2.05, 4.69) is 5.32 Å². The molecule has 0 bridgehead atoms. The molecule has 0 aliphatic carbocycles. The normalized spacial score (nSPS) is 12.6. The molecule has 21 heavy (non-hydrogen) atoms. The molecule has 0 heterocycles. The Morgan fingerprint density at radius 2 is 1.76 bits per heavy atom. The molecule has 0 fully saturated rings. The molecule has 0 saturated carbocycles. The second-order valence-corrected chi connectivity index (χ2v) is 6.14. The summed E-state index contributed by atoms with van der Waals surface area (Å²) in [6.45, 7) is 6.04. The van der Waals surface area contributed by atoms with E-state index >= 15 is 0 Å². The summed E-state index contributed by atoms with van der Waals surface area (Å²) in [5.41, 5.74) is 0.710. The molecule has 6 heteroatoms. The second kappa shape index (κ2) is 6.64. The molecule has 0 amide bonds. The number of nitrogens with zero attached hydrogens (tertiary/aromatic N) is 1. The number of halogens is 4. The van der Waals surface area contributed by atoms with Gasteiger partial charge >= 0.3 is 6.18 Å². The van der Waals surface area contributed by atoms with Crippen molar-refractivity contribution < 1.29 is 17.6 Å². The Kier molecular flexibility index (Phi) is 5.61. The molecule has 0 aromatic heterocycles. The maximum absolute atomic E-state index is 14.0. The fourth-order valence-electron chi connectivity index (χ4n) is 1.90. The number of anilines is 1. The summed E-state index contributed by atoms with van der Waals surface area (Å²) in [4.78, 5) is 1.32. The van der Waals surface area contributed by atoms with Gasteiger partial charge in [-0.25, -0.2) is 4.39 Å². The second-order valence-electron chi connectivity index (χ2n) is 6.14. The number of hydrogen-bond donors (Lipinski definition) is 1. The number of alkyl halides is 3. The highest BCUT2D eigenvalue weighted by Crippen LogP contribution is 2.26. The highest BCUT2D eigenvalue weighted by molar-refractivity contribution is 5.54. The molecule has 0 saturated heterocycles. The summed E-state index contributed by atoms with van der Waals surface area (Å²) in [5, 5.41) is 3.22. The zero-order valence-corrected chi connectivity index (χ0v) is 12.8. The fourth-order valence-corrected chi connectivity index (χ4v) is 1.90. The molecule has 1 aromatic carbocycles. The van der Waals surface area contributed by atoms with Crippen LogP contribution in [0.2, 0.25) is 0 Å². The van der Waals surface area contributed by atoms with Crippen molar-refractivity contribution in [3.8, 4) is 0 Å². The largest absolute Gasteiger partial charge is 0.390 e. The molecule has 1 rings (SSSR count). The summed E-state index contributed by atoms with van der Waals surface area (Å²) < 4.78 is 50.9. The number of hydrogen-bond acceptors (Lipinski definition) is 2. The van der Waals surface area contributed by atoms with Gasteiger partial charge < -0.3 is 10.2 Å². The Morgan fingerprint density at radius 3 is 2.29 bits per heavy atom. The van der Waals surface area contributed by atoms with Crippen LogP contribution in [0.3, 0.4) is 0 Å². The Bertz CT molecular complexity index is 464. The van der Waals surface area contributed by atoms with Gasteiger partial charge in [0.1, 0.15) is 5.82 Å². The molecular weight excluding hydrogens is 284 g/mol. The zero-order valence-electron chi connectivity index (χ0n) is 12.8. The zero-order chi connectivity index (χ0) is 16.3. The maximum atomic E-state index is 14.0. The number of benzene rings is 1. The van der Waals surface area contributed by atoms with E-state index < -0.39 is 18.4 Å². The van der Waals surface area contributed by atoms with Gasteiger partial charge in [-0.05, 0) is 32.4 Å². The molecule has 2 nitrogen and oxygen atoms in total. The highest BCUT2D eigenvalue weighted by atomic mass is 19.4. The molecule has 0 spiro atoms. The lowest BCUT2D eigenvalue weighted by Gasteiger charge is -2.26. The lowest BCUT2D eigenvalue weighted by Crippen LogP contribution is -2.36. The molecule has 1 aromatic rings. The predicted molar refractivity (Wildman–Crippen MR) is 76.9 cm³/mol. The third-order valence-electron chi connectivity index (χ3n) is 2.99. The minimum Gasteiger partial charge on any atom is -0.372 e. The van der Waals surface area contributed by atoms with Gasteiger partial charge in [0, 0.05) is 25.7 Å². The van der Waals surface area contributed by atoms with Gasteiger partial charge in [0.2, 0.25) is 0 Å². The number of rotatable bonds is 5. The Balaban J connectivity index is 2.89. The maximum Gasteiger partial charge on any atom is 0.390 e. The average Bonchev–Trinajstić information content (AvgIpc) is 2.31. The van der Waals surface area contributed by atoms with Crippen molar-refractivity contribution in [2.24, 2.45) is 0 Å². The summed E-state index contributed by atoms with van der Waals surface area (Å²) in [5.74, 6) is -0.507. The van der Waals surface area contributed by atoms with Crippen LogP contribution in [0.1, 0.15) is 32.8 Å². The standard InChI is InChI=1S/C15H22F4N2/c1-14(2,3)20-10-11-6-5-7-12(16)13(11)21(4)9-8-15(17,18)19/h5-7,20H,8-10H2,1-4H3. The quantitative estimate of drug-likeness (QED) is 0.824. The van der Waals surface area contributed by atoms with E-state index in [-0.39, 0.29) is 17.8 Å². The van der Waals surface area contributed by atoms with E-state index in [1.165, 1.54) is 18.0 Å². The molecule has 1 N–H and O–H groups in total. The van der Waals surface area contributed by atoms with Crippen molar-refractivity contribution in [1.29, 1.82) is 0 Å². The van der Waals surface area contributed by atoms with Crippen molar-refractivity contribution in [1.82, 2.24) is 5.32 Å². The molecule has 120 valence electrons. The van der Waals surface area contributed by atoms with Crippen LogP contribution >= 0.6 is 0 Å². The SMILES string of the molecule is CN(CCC(F)(F)F)c1c(F)cccc1CNC(C)(C)C. The van der Waals surface area contributed by atoms with Crippen molar-refractivity contribution >= 4 is 5.69 Å². The smallest absolute Gasteiger partial charge is 0.372 e. The van der Waals surface area contributed by atoms with Crippen molar-refractivity contribution in [3.05, 3.63) is 29.6 Å². The number of para-hydroxylation sites is 1. The first-order valence-electron chi connectivity index (χ1n) is 6.80. The number of nitrogens with one attached hydrogen (secondary N) is 1. The Labute approximate surface area is 123 Å². The summed E-state index contributed by atoms with van der Waals surface area (Å²) in [6.07, 6.45) is -5.21. The third-order valence-corrected chi connectivity index (χ3v) is 2.99. The summed E-state index contributed by atoms with van der Waals surface area (Å²) >= 11 is 0. The van der Waals surface area contributed by atoms with E-state index in [1.807, 2.05) is 20.8 Å². The lowest BCUT2D eigenvalue weighted by molar-refractivity contribution is -0.132. The Hall–Kier alpha value is -1.30. The molecule has 0 aliphatic heterocycles. The third kappa shape index (κ3) is 6.33. The first-order chi connectivity index (χ1) is 9.49. The monoisotopic (exact) mass is 306 g/mol. The van der Waals surface area contributed by atoms with Crippen LogP contribution in [0.5, 0.6) is 0 Å². The first-order valence-corrected chi connectivity index (χ1v) is 6.80. The van der Waals surface area contributed by atoms with E-state index in [0.29, 0.717) is 12.1 Å². The van der Waals surface area contributed by atoms with Crippen LogP contribution in [0.4, 0.5) is 23.2 Å². The van der Waals surface area contributed by atoms with Crippen LogP contribution in [0.15, 0.2) is 18.2 Å². The molecule has 0 aliphatic rings. The van der Waals surface area contributed by atoms with E-state index in [0.717, 1.165) is 0 Å². The van der Waals surface area contributed by atoms with Crippen LogP contribution in [-0.2, 0) is 6.54 Å². The fraction of sp³-hybridized carbons (Fsp3) is 0.600. The first kappa shape index (κ1) is 17.8. The van der Waals surface area contributed by atoms with Gasteiger partial charge in [0.05, 0.1) is 12.1 Å². The summed E-state index contributed by atoms with van der Waals surface area (Å²) in [7, 11) is 1.48. The van der Waals surface area contributed by atoms with Gasteiger partial charge in [-0.3, -0.25) is 0 Å². The van der Waals surface area contributed by atoms with Gasteiger partial charge in [-0.1, -0.05) is 12.1 Å². The molecule has 0 unspecified atom stereocenters. The predicted octanol–water partition coefficient (Wildman–Crippen LogP) is 4.10. The minimum absolute atomic E-state index is 0.159. The van der Waals surface area contributed by atoms with Crippen molar-refractivity contribution in [2.45, 2.75) is 45.5 Å². The Morgan fingerprint density at radius 1 is 1.14 bits per heavy atom. The van der Waals surface area contributed by atoms with Crippen LogP contribution < -0.4 is 10.2 Å². The summed E-state index contributed by atoms with van der Waals surface area (Å²) in [6, 6.07) is 4.55. The van der Waals surface area contributed by atoms with E-state index in [1.54, 1.807) is 12.1 Å². The van der Waals surface area contributed by atoms with Crippen molar-refractivity contribution in [2.75, 3.05) is 18.5 Å². The molecule has 0 radical (unpaired) electrons. The highest BCUT2D eigenvalue weighted by Gasteiger charge is 2.28. The lowest BCUT2D eigenvalue weighted by atomic mass is 10.1. The van der Waals surface area contributed by atoms with Crippen molar-refractivity contribution in [3.63, 3.8) is 0 Å². The van der Waals surface area contributed by atoms with Gasteiger partial charge in [0.15, 0.2) is 0 Å². The van der Waals surface area contributed by atoms with Gasteiger partial charge in [-0.2, -0.15) is 13.2 Å². The topological polar surface area (TPSA) is 15.3 Å². The van der Waals surface area contributed by atoms with E-state index in [4.69, 9.17) is 0 Å². The molecule has 0 atom stereocenters. The van der Waals surface area contributed by atoms with Gasteiger partial charge in [-0.15, -0.1) is 0 Å². The van der Waals surface area contributed by atoms with Crippen LogP contribution in [0, 0.1) is 5.82 Å².